The number of nitrogens with two attached hydrogens (primary N) is 2. The number of rotatable bonds is 29. The summed E-state index contributed by atoms with van der Waals surface area (Å²) in [5.41, 5.74) is 18.3. The number of ether oxygens (including phenoxy) is 7. The molecule has 0 saturated heterocycles. The summed E-state index contributed by atoms with van der Waals surface area (Å²) in [5.74, 6) is -0.344. The van der Waals surface area contributed by atoms with Gasteiger partial charge in [0.2, 0.25) is 20.4 Å². The predicted octanol–water partition coefficient (Wildman–Crippen LogP) is 17.0. The van der Waals surface area contributed by atoms with Gasteiger partial charge in [0, 0.05) is 0 Å². The van der Waals surface area contributed by atoms with Gasteiger partial charge in [-0.3, -0.25) is 19.2 Å². The number of para-hydroxylation sites is 3. The van der Waals surface area contributed by atoms with Crippen LogP contribution in [0.25, 0.3) is 0 Å². The van der Waals surface area contributed by atoms with E-state index in [-0.39, 0.29) is 50.5 Å². The molecule has 0 heterocycles. The summed E-state index contributed by atoms with van der Waals surface area (Å²) in [6.07, 6.45) is -0.0639. The van der Waals surface area contributed by atoms with E-state index in [1.54, 1.807) is 0 Å². The number of alkyl halides is 6. The van der Waals surface area contributed by atoms with E-state index >= 15 is 0 Å². The van der Waals surface area contributed by atoms with Gasteiger partial charge in [0.15, 0.2) is 0 Å². The monoisotopic (exact) mass is 1370 g/mol. The summed E-state index contributed by atoms with van der Waals surface area (Å²) >= 11 is 0. The number of carboxylic acid groups (broad SMARTS) is 2. The molecule has 96 heavy (non-hydrogen) atoms. The molecule has 544 valence electrons. The van der Waals surface area contributed by atoms with Crippen LogP contribution in [0.4, 0.5) is 26.3 Å². The number of carboxylic acids is 2. The van der Waals surface area contributed by atoms with E-state index < -0.39 is 65.8 Å². The van der Waals surface area contributed by atoms with Crippen molar-refractivity contribution in [2.75, 3.05) is 20.4 Å². The average Bonchev–Trinajstić information content (AvgIpc) is 1.68. The third kappa shape index (κ3) is 29.2. The van der Waals surface area contributed by atoms with Crippen molar-refractivity contribution < 1.29 is 98.5 Å². The quantitative estimate of drug-likeness (QED) is 0.0218. The van der Waals surface area contributed by atoms with E-state index in [1.807, 2.05) is 62.3 Å². The first-order valence-electron chi connectivity index (χ1n) is 33.7. The molecule has 17 nitrogen and oxygen atoms in total. The van der Waals surface area contributed by atoms with Crippen LogP contribution in [0.3, 0.4) is 0 Å². The smallest absolute Gasteiger partial charge is 0.475 e. The summed E-state index contributed by atoms with van der Waals surface area (Å²) in [6.45, 7) is 36.7. The summed E-state index contributed by atoms with van der Waals surface area (Å²) in [4.78, 5) is 67.1. The fourth-order valence-corrected chi connectivity index (χ4v) is 10.3. The van der Waals surface area contributed by atoms with Gasteiger partial charge in [0.25, 0.3) is 0 Å². The van der Waals surface area contributed by atoms with Crippen LogP contribution in [0.5, 0.6) is 17.2 Å². The van der Waals surface area contributed by atoms with E-state index in [2.05, 4.69) is 117 Å². The first-order valence-corrected chi connectivity index (χ1v) is 33.7. The van der Waals surface area contributed by atoms with Gasteiger partial charge < -0.3 is 54.8 Å². The first kappa shape index (κ1) is 85.5. The highest BCUT2D eigenvalue weighted by molar-refractivity contribution is 5.80. The number of halogens is 6. The number of aliphatic carboxylic acids is 2. The van der Waals surface area contributed by atoms with Gasteiger partial charge in [-0.25, -0.2) is 9.59 Å². The van der Waals surface area contributed by atoms with Crippen LogP contribution in [0.15, 0.2) is 54.6 Å². The maximum absolute atomic E-state index is 12.9. The fraction of sp³-hybridized carbons (Fsp3) is 0.671. The average molecular weight is 1370 g/mol. The largest absolute Gasteiger partial charge is 0.490 e. The lowest BCUT2D eigenvalue weighted by atomic mass is 9.89. The van der Waals surface area contributed by atoms with Crippen LogP contribution in [0.1, 0.15) is 258 Å². The normalized spacial score (nSPS) is 16.6. The lowest BCUT2D eigenvalue weighted by Gasteiger charge is -2.25. The van der Waals surface area contributed by atoms with Crippen molar-refractivity contribution in [3.8, 4) is 17.2 Å². The lowest BCUT2D eigenvalue weighted by molar-refractivity contribution is -0.193. The van der Waals surface area contributed by atoms with Crippen molar-refractivity contribution in [1.82, 2.24) is 0 Å². The number of esters is 4. The lowest BCUT2D eigenvalue weighted by Crippen LogP contribution is -2.38. The molecule has 0 aliphatic heterocycles. The van der Waals surface area contributed by atoms with Gasteiger partial charge in [-0.1, -0.05) is 178 Å². The molecular weight excluding hydrogens is 1260 g/mol. The SMILES string of the molecule is CCC(C)[C@H](CC(=O)OC(C)(C)C)C(=O)OCOc1c(C(C)C)cccc1[C@H](C)C1CC1.CCC(C)[C@H](N)C(=O)OCOc1c(C(C)C)cccc1[C@H](C)C1CC1.CCC(C)[C@H](N)C(=O)OCOc1c(C(C)C)cccc1[C@H](C)C1CC1.O=C(O)C(F)(F)F.O=C(O)C(F)(F)F. The van der Waals surface area contributed by atoms with Gasteiger partial charge in [-0.2, -0.15) is 26.3 Å². The Bertz CT molecular complexity index is 2790. The molecular formula is C73H110F6N2O15. The zero-order valence-electron chi connectivity index (χ0n) is 59.7. The molecule has 3 fully saturated rings. The topological polar surface area (TPSA) is 260 Å². The molecule has 9 atom stereocenters. The minimum Gasteiger partial charge on any atom is -0.475 e. The van der Waals surface area contributed by atoms with Crippen LogP contribution >= 0.6 is 0 Å². The Balaban J connectivity index is 0.000000447. The highest BCUT2D eigenvalue weighted by Crippen LogP contribution is 2.49. The minimum absolute atomic E-state index is 0.00317. The van der Waals surface area contributed by atoms with E-state index in [1.165, 1.54) is 55.2 Å². The van der Waals surface area contributed by atoms with Crippen molar-refractivity contribution in [3.05, 3.63) is 88.0 Å². The van der Waals surface area contributed by atoms with Crippen molar-refractivity contribution in [2.24, 2.45) is 52.9 Å². The summed E-state index contributed by atoms with van der Waals surface area (Å²) in [7, 11) is 0. The molecule has 3 aliphatic rings. The Hall–Kier alpha value is -6.62. The predicted molar refractivity (Wildman–Crippen MR) is 355 cm³/mol. The highest BCUT2D eigenvalue weighted by atomic mass is 19.4. The molecule has 3 saturated carbocycles. The number of hydrogen-bond acceptors (Lipinski definition) is 15. The summed E-state index contributed by atoms with van der Waals surface area (Å²) in [6, 6.07) is 17.7. The van der Waals surface area contributed by atoms with Gasteiger partial charge in [-0.05, 0) is 164 Å². The van der Waals surface area contributed by atoms with Crippen LogP contribution in [0, 0.1) is 41.4 Å². The third-order valence-electron chi connectivity index (χ3n) is 17.7. The van der Waals surface area contributed by atoms with E-state index in [4.69, 9.17) is 64.4 Å². The molecule has 3 unspecified atom stereocenters. The minimum atomic E-state index is -5.08. The zero-order chi connectivity index (χ0) is 73.3. The van der Waals surface area contributed by atoms with Crippen molar-refractivity contribution in [2.45, 2.75) is 254 Å². The second-order valence-electron chi connectivity index (χ2n) is 27.5. The van der Waals surface area contributed by atoms with Crippen molar-refractivity contribution >= 4 is 35.8 Å². The Morgan fingerprint density at radius 1 is 0.448 bits per heavy atom. The number of benzene rings is 3. The molecule has 6 N–H and O–H groups in total. The standard InChI is InChI=1S/C27H42O5.2C21H33NO3.2C2HF3O2/c1-9-18(4)23(15-24(28)32-27(6,7)8)26(29)31-16-30-25-21(17(2)3)11-10-12-22(25)19(5)20-13-14-20;2*1-6-14(4)19(22)21(23)25-12-24-20-17(13(2)3)8-7-9-18(20)15(5)16-10-11-16;2*3-2(4,5)1(6)7/h10-12,17-20,23H,9,13-16H2,1-8H3;2*7-9,13-16,19H,6,10-12,22H2,1-5H3;2*(H,6,7)/t18?,19-,23+;2*14?,15-,19+;;/m111../s1. The third-order valence-corrected chi connectivity index (χ3v) is 17.7. The molecule has 0 amide bonds. The van der Waals surface area contributed by atoms with Crippen molar-refractivity contribution in [1.29, 1.82) is 0 Å². The molecule has 6 rings (SSSR count). The molecule has 0 aromatic heterocycles. The zero-order valence-corrected chi connectivity index (χ0v) is 59.7. The number of hydrogen-bond donors (Lipinski definition) is 4. The summed E-state index contributed by atoms with van der Waals surface area (Å²) in [5, 5.41) is 14.2. The Morgan fingerprint density at radius 3 is 0.917 bits per heavy atom. The number of carbonyl (C=O) groups is 6. The molecule has 0 bridgehead atoms. The molecule has 3 aromatic rings. The number of carbonyl (C=O) groups excluding carboxylic acids is 4. The van der Waals surface area contributed by atoms with Crippen LogP contribution in [-0.4, -0.2) is 96.4 Å². The first-order chi connectivity index (χ1) is 44.6. The fourth-order valence-electron chi connectivity index (χ4n) is 10.3. The maximum atomic E-state index is 12.9. The van der Waals surface area contributed by atoms with Gasteiger partial charge in [0.1, 0.15) is 34.9 Å². The molecule has 3 aromatic carbocycles. The molecule has 23 heteroatoms. The second kappa shape index (κ2) is 39.7. The molecule has 3 aliphatic carbocycles. The Kier molecular flexibility index (Phi) is 35.3. The highest BCUT2D eigenvalue weighted by Gasteiger charge is 2.40. The Morgan fingerprint density at radius 2 is 0.698 bits per heavy atom. The summed E-state index contributed by atoms with van der Waals surface area (Å²) < 4.78 is 103. The van der Waals surface area contributed by atoms with E-state index in [9.17, 15) is 45.5 Å². The van der Waals surface area contributed by atoms with Gasteiger partial charge in [-0.15, -0.1) is 0 Å². The van der Waals surface area contributed by atoms with E-state index in [0.717, 1.165) is 65.0 Å². The van der Waals surface area contributed by atoms with Gasteiger partial charge >= 0.3 is 48.2 Å². The molecule has 0 radical (unpaired) electrons. The maximum Gasteiger partial charge on any atom is 0.490 e. The second-order valence-corrected chi connectivity index (χ2v) is 27.5. The van der Waals surface area contributed by atoms with Crippen molar-refractivity contribution in [3.63, 3.8) is 0 Å². The molecule has 0 spiro atoms. The van der Waals surface area contributed by atoms with E-state index in [0.29, 0.717) is 41.4 Å². The van der Waals surface area contributed by atoms with Gasteiger partial charge in [0.05, 0.1) is 12.3 Å². The van der Waals surface area contributed by atoms with Crippen LogP contribution in [-0.2, 0) is 47.7 Å². The van der Waals surface area contributed by atoms with Crippen LogP contribution < -0.4 is 25.7 Å². The Labute approximate surface area is 565 Å². The van der Waals surface area contributed by atoms with Crippen LogP contribution in [0.2, 0.25) is 0 Å².